The van der Waals surface area contributed by atoms with Crippen LogP contribution in [0.3, 0.4) is 0 Å². The van der Waals surface area contributed by atoms with Gasteiger partial charge in [-0.2, -0.15) is 0 Å². The quantitative estimate of drug-likeness (QED) is 0.610. The second-order valence-corrected chi connectivity index (χ2v) is 8.05. The van der Waals surface area contributed by atoms with E-state index in [0.29, 0.717) is 11.8 Å². The maximum Gasteiger partial charge on any atom is 0.321 e. The maximum absolute atomic E-state index is 12.7. The predicted octanol–water partition coefficient (Wildman–Crippen LogP) is 4.19. The molecule has 0 bridgehead atoms. The lowest BCUT2D eigenvalue weighted by molar-refractivity contribution is -0.115. The Bertz CT molecular complexity index is 549. The number of para-hydroxylation sites is 1. The average molecular weight is 366 g/mol. The lowest BCUT2D eigenvalue weighted by Gasteiger charge is -2.25. The van der Waals surface area contributed by atoms with Crippen molar-refractivity contribution in [1.29, 1.82) is 0 Å². The number of rotatable bonds is 10. The number of nitrogens with one attached hydrogen (secondary N) is 1. The largest absolute Gasteiger partial charge is 0.369 e. The van der Waals surface area contributed by atoms with Gasteiger partial charge in [-0.15, -0.1) is 11.8 Å². The van der Waals surface area contributed by atoms with Crippen LogP contribution in [-0.2, 0) is 4.79 Å². The molecule has 0 heterocycles. The fourth-order valence-corrected chi connectivity index (χ4v) is 2.93. The lowest BCUT2D eigenvalue weighted by atomic mass is 10.1. The first-order chi connectivity index (χ1) is 11.8. The number of nitrogens with two attached hydrogens (primary N) is 1. The normalized spacial score (nSPS) is 11.0. The number of hydrogen-bond donors (Lipinski definition) is 2. The summed E-state index contributed by atoms with van der Waals surface area (Å²) < 4.78 is 0. The second-order valence-electron chi connectivity index (χ2n) is 7.03. The minimum atomic E-state index is -0.373. The van der Waals surface area contributed by atoms with E-state index in [1.807, 2.05) is 29.2 Å². The molecule has 0 aliphatic heterocycles. The van der Waals surface area contributed by atoms with Crippen molar-refractivity contribution >= 4 is 29.4 Å². The highest BCUT2D eigenvalue weighted by molar-refractivity contribution is 8.00. The smallest absolute Gasteiger partial charge is 0.321 e. The third-order valence-electron chi connectivity index (χ3n) is 3.74. The molecule has 0 aliphatic carbocycles. The fraction of sp³-hybridized carbons (Fsp3) is 0.579. The van der Waals surface area contributed by atoms with Crippen LogP contribution in [0.4, 0.5) is 10.5 Å². The number of thioether (sulfide) groups is 1. The van der Waals surface area contributed by atoms with Crippen molar-refractivity contribution in [1.82, 2.24) is 4.90 Å². The third-order valence-corrected chi connectivity index (χ3v) is 4.83. The zero-order valence-electron chi connectivity index (χ0n) is 15.7. The molecule has 1 aromatic rings. The van der Waals surface area contributed by atoms with E-state index in [9.17, 15) is 9.59 Å². The highest BCUT2D eigenvalue weighted by Gasteiger charge is 2.16. The van der Waals surface area contributed by atoms with Gasteiger partial charge in [0.15, 0.2) is 0 Å². The van der Waals surface area contributed by atoms with Crippen molar-refractivity contribution in [3.05, 3.63) is 24.3 Å². The minimum absolute atomic E-state index is 0.0894. The summed E-state index contributed by atoms with van der Waals surface area (Å²) in [4.78, 5) is 26.5. The van der Waals surface area contributed by atoms with Gasteiger partial charge in [-0.25, -0.2) is 4.79 Å². The molecule has 0 spiro atoms. The average Bonchev–Trinajstić information content (AvgIpc) is 2.53. The highest BCUT2D eigenvalue weighted by atomic mass is 32.2. The van der Waals surface area contributed by atoms with Gasteiger partial charge in [-0.3, -0.25) is 4.79 Å². The van der Waals surface area contributed by atoms with Gasteiger partial charge in [0, 0.05) is 18.0 Å². The summed E-state index contributed by atoms with van der Waals surface area (Å²) in [5.74, 6) is 0.916. The van der Waals surface area contributed by atoms with Crippen LogP contribution in [0.15, 0.2) is 29.2 Å². The Morgan fingerprint density at radius 1 is 1.08 bits per heavy atom. The number of nitrogens with zero attached hydrogens (tertiary/aromatic N) is 1. The molecular weight excluding hydrogens is 334 g/mol. The van der Waals surface area contributed by atoms with Crippen LogP contribution in [0.2, 0.25) is 0 Å². The molecular formula is C19H31N3O2S. The minimum Gasteiger partial charge on any atom is -0.369 e. The van der Waals surface area contributed by atoms with Crippen LogP contribution < -0.4 is 11.1 Å². The van der Waals surface area contributed by atoms with Gasteiger partial charge >= 0.3 is 6.03 Å². The zero-order valence-corrected chi connectivity index (χ0v) is 16.6. The van der Waals surface area contributed by atoms with Crippen molar-refractivity contribution in [2.24, 2.45) is 17.6 Å². The number of carbonyl (C=O) groups is 2. The van der Waals surface area contributed by atoms with E-state index < -0.39 is 0 Å². The SMILES string of the molecule is CC(C)CCN(CCC(C)C)C(=O)Nc1ccccc1SCC(N)=O. The van der Waals surface area contributed by atoms with Gasteiger partial charge in [0.05, 0.1) is 11.4 Å². The summed E-state index contributed by atoms with van der Waals surface area (Å²) in [7, 11) is 0. The number of urea groups is 1. The molecule has 0 fully saturated rings. The van der Waals surface area contributed by atoms with Crippen molar-refractivity contribution in [3.63, 3.8) is 0 Å². The Kier molecular flexibility index (Phi) is 9.42. The molecule has 25 heavy (non-hydrogen) atoms. The molecule has 3 amide bonds. The van der Waals surface area contributed by atoms with Crippen LogP contribution >= 0.6 is 11.8 Å². The molecule has 0 aliphatic rings. The summed E-state index contributed by atoms with van der Waals surface area (Å²) in [5, 5.41) is 3.00. The first kappa shape index (κ1) is 21.4. The van der Waals surface area contributed by atoms with Gasteiger partial charge in [0.25, 0.3) is 0 Å². The third kappa shape index (κ3) is 8.82. The predicted molar refractivity (Wildman–Crippen MR) is 106 cm³/mol. The molecule has 0 saturated heterocycles. The number of amides is 3. The van der Waals surface area contributed by atoms with E-state index in [2.05, 4.69) is 33.0 Å². The number of hydrogen-bond acceptors (Lipinski definition) is 3. The molecule has 0 atom stereocenters. The number of anilines is 1. The van der Waals surface area contributed by atoms with E-state index in [-0.39, 0.29) is 17.7 Å². The van der Waals surface area contributed by atoms with Gasteiger partial charge in [0.1, 0.15) is 0 Å². The van der Waals surface area contributed by atoms with Crippen molar-refractivity contribution in [3.8, 4) is 0 Å². The lowest BCUT2D eigenvalue weighted by Crippen LogP contribution is -2.37. The standard InChI is InChI=1S/C19H31N3O2S/c1-14(2)9-11-22(12-10-15(3)4)19(24)21-16-7-5-6-8-17(16)25-13-18(20)23/h5-8,14-15H,9-13H2,1-4H3,(H2,20,23)(H,21,24). The summed E-state index contributed by atoms with van der Waals surface area (Å²) in [6.45, 7) is 10.1. The monoisotopic (exact) mass is 365 g/mol. The maximum atomic E-state index is 12.7. The van der Waals surface area contributed by atoms with Gasteiger partial charge in [-0.1, -0.05) is 39.8 Å². The van der Waals surface area contributed by atoms with E-state index >= 15 is 0 Å². The summed E-state index contributed by atoms with van der Waals surface area (Å²) in [5.41, 5.74) is 5.94. The fourth-order valence-electron chi connectivity index (χ4n) is 2.18. The molecule has 140 valence electrons. The highest BCUT2D eigenvalue weighted by Crippen LogP contribution is 2.27. The molecule has 1 aromatic carbocycles. The molecule has 1 rings (SSSR count). The number of primary amides is 1. The Hall–Kier alpha value is -1.69. The number of carbonyl (C=O) groups excluding carboxylic acids is 2. The van der Waals surface area contributed by atoms with E-state index in [1.165, 1.54) is 11.8 Å². The molecule has 0 unspecified atom stereocenters. The van der Waals surface area contributed by atoms with E-state index in [4.69, 9.17) is 5.73 Å². The summed E-state index contributed by atoms with van der Waals surface area (Å²) >= 11 is 1.34. The van der Waals surface area contributed by atoms with Crippen LogP contribution in [0.1, 0.15) is 40.5 Å². The Balaban J connectivity index is 2.78. The molecule has 3 N–H and O–H groups in total. The van der Waals surface area contributed by atoms with E-state index in [0.717, 1.165) is 36.5 Å². The molecule has 6 heteroatoms. The first-order valence-electron chi connectivity index (χ1n) is 8.85. The van der Waals surface area contributed by atoms with Gasteiger partial charge in [0.2, 0.25) is 5.91 Å². The summed E-state index contributed by atoms with van der Waals surface area (Å²) in [6, 6.07) is 7.40. The van der Waals surface area contributed by atoms with E-state index in [1.54, 1.807) is 0 Å². The summed E-state index contributed by atoms with van der Waals surface area (Å²) in [6.07, 6.45) is 1.95. The molecule has 0 radical (unpaired) electrons. The van der Waals surface area contributed by atoms with Crippen molar-refractivity contribution in [2.45, 2.75) is 45.4 Å². The Morgan fingerprint density at radius 3 is 2.16 bits per heavy atom. The number of benzene rings is 1. The molecule has 0 saturated carbocycles. The second kappa shape index (κ2) is 11.0. The zero-order chi connectivity index (χ0) is 18.8. The van der Waals surface area contributed by atoms with Crippen LogP contribution in [0.25, 0.3) is 0 Å². The van der Waals surface area contributed by atoms with Crippen LogP contribution in [0, 0.1) is 11.8 Å². The topological polar surface area (TPSA) is 75.4 Å². The Morgan fingerprint density at radius 2 is 1.64 bits per heavy atom. The van der Waals surface area contributed by atoms with Gasteiger partial charge in [-0.05, 0) is 36.8 Å². The van der Waals surface area contributed by atoms with Crippen LogP contribution in [-0.4, -0.2) is 35.7 Å². The van der Waals surface area contributed by atoms with Crippen LogP contribution in [0.5, 0.6) is 0 Å². The van der Waals surface area contributed by atoms with Gasteiger partial charge < -0.3 is 16.0 Å². The molecule has 0 aromatic heterocycles. The van der Waals surface area contributed by atoms with Crippen molar-refractivity contribution < 1.29 is 9.59 Å². The first-order valence-corrected chi connectivity index (χ1v) is 9.84. The van der Waals surface area contributed by atoms with Crippen molar-refractivity contribution in [2.75, 3.05) is 24.2 Å². The Labute approximate surface area is 155 Å². The molecule has 5 nitrogen and oxygen atoms in total.